The number of hydrogen-bond donors (Lipinski definition) is 0. The van der Waals surface area contributed by atoms with Crippen molar-refractivity contribution >= 4 is 0 Å². The third kappa shape index (κ3) is 11.3. The zero-order valence-corrected chi connectivity index (χ0v) is 14.4. The maximum atomic E-state index is 5.68. The molecule has 0 aromatic carbocycles. The lowest BCUT2D eigenvalue weighted by molar-refractivity contribution is -0.110. The van der Waals surface area contributed by atoms with E-state index in [1.807, 2.05) is 0 Å². The van der Waals surface area contributed by atoms with Crippen LogP contribution in [0, 0.1) is 5.41 Å². The Morgan fingerprint density at radius 1 is 0.455 bits per heavy atom. The van der Waals surface area contributed by atoms with Crippen LogP contribution in [0.25, 0.3) is 0 Å². The topological polar surface area (TPSA) is 64.6 Å². The van der Waals surface area contributed by atoms with Gasteiger partial charge in [-0.1, -0.05) is 0 Å². The van der Waals surface area contributed by atoms with Gasteiger partial charge in [0.05, 0.1) is 71.5 Å². The predicted molar refractivity (Wildman–Crippen MR) is 82.4 cm³/mol. The lowest BCUT2D eigenvalue weighted by Crippen LogP contribution is -2.42. The lowest BCUT2D eigenvalue weighted by Gasteiger charge is -2.32. The Morgan fingerprint density at radius 3 is 1.09 bits per heavy atom. The Labute approximate surface area is 134 Å². The number of hydrogen-bond acceptors (Lipinski definition) is 7. The molecule has 0 saturated heterocycles. The fraction of sp³-hybridized carbons (Fsp3) is 1.00. The van der Waals surface area contributed by atoms with Gasteiger partial charge in [-0.15, -0.1) is 0 Å². The zero-order chi connectivity index (χ0) is 16.5. The maximum Gasteiger partial charge on any atom is 0.0700 e. The molecule has 0 rings (SSSR count). The van der Waals surface area contributed by atoms with E-state index in [9.17, 15) is 0 Å². The van der Waals surface area contributed by atoms with Gasteiger partial charge in [-0.25, -0.2) is 0 Å². The predicted octanol–water partition coefficient (Wildman–Crippen LogP) is 0.608. The minimum atomic E-state index is -0.357. The van der Waals surface area contributed by atoms with Gasteiger partial charge < -0.3 is 33.2 Å². The molecule has 0 fully saturated rings. The largest absolute Gasteiger partial charge is 0.384 e. The summed E-state index contributed by atoms with van der Waals surface area (Å²) in [4.78, 5) is 0. The molecule has 0 amide bonds. The van der Waals surface area contributed by atoms with Crippen molar-refractivity contribution in [3.8, 4) is 0 Å². The van der Waals surface area contributed by atoms with Crippen LogP contribution in [-0.2, 0) is 33.2 Å². The summed E-state index contributed by atoms with van der Waals surface area (Å²) in [5, 5.41) is 0. The molecule has 0 aliphatic heterocycles. The summed E-state index contributed by atoms with van der Waals surface area (Å²) in [5.74, 6) is 0. The molecule has 22 heavy (non-hydrogen) atoms. The van der Waals surface area contributed by atoms with Crippen molar-refractivity contribution in [2.24, 2.45) is 5.41 Å². The van der Waals surface area contributed by atoms with Crippen LogP contribution in [0.3, 0.4) is 0 Å². The van der Waals surface area contributed by atoms with E-state index in [1.54, 1.807) is 28.4 Å². The standard InChI is InChI=1S/C15H32O7/c1-16-5-8-20-12-15(11-19-4,13-21-9-6-17-2)14-22-10-7-18-3/h5-14H2,1-4H3. The maximum absolute atomic E-state index is 5.68. The van der Waals surface area contributed by atoms with Gasteiger partial charge in [0.15, 0.2) is 0 Å². The van der Waals surface area contributed by atoms with Gasteiger partial charge in [-0.2, -0.15) is 0 Å². The van der Waals surface area contributed by atoms with E-state index in [4.69, 9.17) is 33.2 Å². The molecular weight excluding hydrogens is 292 g/mol. The Morgan fingerprint density at radius 2 is 0.818 bits per heavy atom. The first kappa shape index (κ1) is 21.7. The van der Waals surface area contributed by atoms with Crippen LogP contribution in [0.4, 0.5) is 0 Å². The van der Waals surface area contributed by atoms with Gasteiger partial charge in [0, 0.05) is 28.4 Å². The molecule has 134 valence electrons. The van der Waals surface area contributed by atoms with Crippen molar-refractivity contribution in [3.05, 3.63) is 0 Å². The average molecular weight is 324 g/mol. The van der Waals surface area contributed by atoms with E-state index in [0.29, 0.717) is 66.1 Å². The zero-order valence-electron chi connectivity index (χ0n) is 14.4. The molecule has 7 nitrogen and oxygen atoms in total. The molecule has 0 N–H and O–H groups in total. The van der Waals surface area contributed by atoms with E-state index in [1.165, 1.54) is 0 Å². The van der Waals surface area contributed by atoms with E-state index < -0.39 is 0 Å². The van der Waals surface area contributed by atoms with Gasteiger partial charge in [0.25, 0.3) is 0 Å². The molecule has 0 aromatic heterocycles. The van der Waals surface area contributed by atoms with Gasteiger partial charge in [-0.3, -0.25) is 0 Å². The minimum absolute atomic E-state index is 0.357. The molecule has 7 heteroatoms. The molecule has 0 saturated carbocycles. The smallest absolute Gasteiger partial charge is 0.0700 e. The third-order valence-electron chi connectivity index (χ3n) is 2.97. The summed E-state index contributed by atoms with van der Waals surface area (Å²) in [7, 11) is 6.60. The third-order valence-corrected chi connectivity index (χ3v) is 2.97. The van der Waals surface area contributed by atoms with E-state index in [0.717, 1.165) is 0 Å². The molecular formula is C15H32O7. The monoisotopic (exact) mass is 324 g/mol. The molecule has 0 radical (unpaired) electrons. The van der Waals surface area contributed by atoms with Gasteiger partial charge in [-0.05, 0) is 0 Å². The summed E-state index contributed by atoms with van der Waals surface area (Å²) in [6.07, 6.45) is 0. The van der Waals surface area contributed by atoms with Crippen LogP contribution in [0.15, 0.2) is 0 Å². The number of ether oxygens (including phenoxy) is 7. The average Bonchev–Trinajstić information content (AvgIpc) is 2.53. The minimum Gasteiger partial charge on any atom is -0.384 e. The summed E-state index contributed by atoms with van der Waals surface area (Å²) in [6.45, 7) is 5.15. The lowest BCUT2D eigenvalue weighted by atomic mass is 9.92. The van der Waals surface area contributed by atoms with E-state index in [-0.39, 0.29) is 5.41 Å². The highest BCUT2D eigenvalue weighted by Crippen LogP contribution is 2.20. The molecule has 0 aliphatic rings. The highest BCUT2D eigenvalue weighted by atomic mass is 16.5. The number of methoxy groups -OCH3 is 4. The SMILES string of the molecule is COCCOCC(COC)(COCCOC)COCCOC. The summed E-state index contributed by atoms with van der Waals surface area (Å²) < 4.78 is 37.4. The Hall–Kier alpha value is -0.280. The fourth-order valence-electron chi connectivity index (χ4n) is 1.85. The molecule has 0 spiro atoms. The van der Waals surface area contributed by atoms with Crippen molar-refractivity contribution in [1.82, 2.24) is 0 Å². The summed E-state index contributed by atoms with van der Waals surface area (Å²) in [6, 6.07) is 0. The van der Waals surface area contributed by atoms with Crippen LogP contribution >= 0.6 is 0 Å². The van der Waals surface area contributed by atoms with Crippen molar-refractivity contribution in [1.29, 1.82) is 0 Å². The second-order valence-corrected chi connectivity index (χ2v) is 5.07. The second-order valence-electron chi connectivity index (χ2n) is 5.07. The van der Waals surface area contributed by atoms with Crippen LogP contribution < -0.4 is 0 Å². The van der Waals surface area contributed by atoms with Crippen molar-refractivity contribution in [2.75, 3.05) is 94.5 Å². The van der Waals surface area contributed by atoms with E-state index >= 15 is 0 Å². The van der Waals surface area contributed by atoms with Crippen molar-refractivity contribution in [3.63, 3.8) is 0 Å². The van der Waals surface area contributed by atoms with Crippen molar-refractivity contribution in [2.45, 2.75) is 0 Å². The molecule has 0 aromatic rings. The molecule has 0 bridgehead atoms. The van der Waals surface area contributed by atoms with Crippen molar-refractivity contribution < 1.29 is 33.2 Å². The first-order valence-electron chi connectivity index (χ1n) is 7.43. The van der Waals surface area contributed by atoms with Crippen LogP contribution in [0.5, 0.6) is 0 Å². The van der Waals surface area contributed by atoms with Gasteiger partial charge in [0.1, 0.15) is 0 Å². The highest BCUT2D eigenvalue weighted by Gasteiger charge is 2.32. The fourth-order valence-corrected chi connectivity index (χ4v) is 1.85. The summed E-state index contributed by atoms with van der Waals surface area (Å²) in [5.41, 5.74) is -0.357. The molecule has 0 aliphatic carbocycles. The van der Waals surface area contributed by atoms with Crippen LogP contribution in [0.1, 0.15) is 0 Å². The molecule has 0 atom stereocenters. The number of rotatable bonds is 17. The molecule has 0 unspecified atom stereocenters. The van der Waals surface area contributed by atoms with Gasteiger partial charge in [0.2, 0.25) is 0 Å². The van der Waals surface area contributed by atoms with E-state index in [2.05, 4.69) is 0 Å². The van der Waals surface area contributed by atoms with Gasteiger partial charge >= 0.3 is 0 Å². The highest BCUT2D eigenvalue weighted by molar-refractivity contribution is 4.79. The Kier molecular flexibility index (Phi) is 15.4. The Bertz CT molecular complexity index is 195. The van der Waals surface area contributed by atoms with Crippen LogP contribution in [-0.4, -0.2) is 94.5 Å². The first-order chi connectivity index (χ1) is 10.7. The quantitative estimate of drug-likeness (QED) is 0.363. The molecule has 0 heterocycles. The van der Waals surface area contributed by atoms with Crippen LogP contribution in [0.2, 0.25) is 0 Å². The normalized spacial score (nSPS) is 12.0. The Balaban J connectivity index is 4.39. The first-order valence-corrected chi connectivity index (χ1v) is 7.43. The summed E-state index contributed by atoms with van der Waals surface area (Å²) >= 11 is 0. The second kappa shape index (κ2) is 15.6.